The maximum absolute atomic E-state index is 13.1. The molecule has 0 radical (unpaired) electrons. The van der Waals surface area contributed by atoms with Gasteiger partial charge in [-0.2, -0.15) is 0 Å². The number of hydrogen-bond acceptors (Lipinski definition) is 8. The molecule has 10 nitrogen and oxygen atoms in total. The standard InChI is InChI=1S/C36H48N2O8/c1-23-14-13-17-27-20-28(39)21-30(34(27)42)38-32(40)22-29(45-4)18-11-6-5-7-12-19-31(24(2)33(23)41)46-36(44)25(3)37-35(43)26-15-9-8-10-16-26/h5-7,11-12,14-15,18,20-21,24-25,29,31,33,39,41-42H,8-10,13,16-17,19,22H2,1-4H3,(H,37,43)(H,38,40)/b6-5-,12-7-,18-11?,23-14-/t24-,25+,29-,31-,33-/m0/s1. The van der Waals surface area contributed by atoms with Crippen LogP contribution in [-0.2, 0) is 30.3 Å². The summed E-state index contributed by atoms with van der Waals surface area (Å²) in [6.07, 6.45) is 16.8. The highest BCUT2D eigenvalue weighted by atomic mass is 16.5. The Labute approximate surface area is 271 Å². The number of aryl methyl sites for hydroxylation is 1. The number of aromatic hydroxyl groups is 2. The highest BCUT2D eigenvalue weighted by molar-refractivity contribution is 5.96. The quantitative estimate of drug-likeness (QED) is 0.126. The first-order valence-corrected chi connectivity index (χ1v) is 15.9. The molecule has 2 aliphatic rings. The van der Waals surface area contributed by atoms with Crippen LogP contribution in [0.5, 0.6) is 11.5 Å². The van der Waals surface area contributed by atoms with Gasteiger partial charge in [0.1, 0.15) is 23.6 Å². The van der Waals surface area contributed by atoms with E-state index in [1.165, 1.54) is 19.2 Å². The fourth-order valence-corrected chi connectivity index (χ4v) is 5.39. The first-order valence-electron chi connectivity index (χ1n) is 15.9. The van der Waals surface area contributed by atoms with Gasteiger partial charge < -0.3 is 35.4 Å². The Morgan fingerprint density at radius 3 is 2.52 bits per heavy atom. The number of rotatable bonds is 5. The van der Waals surface area contributed by atoms with E-state index in [0.717, 1.165) is 19.3 Å². The van der Waals surface area contributed by atoms with Crippen LogP contribution in [0, 0.1) is 5.92 Å². The molecule has 0 unspecified atom stereocenters. The Hall–Kier alpha value is -4.15. The second kappa shape index (κ2) is 18.1. The summed E-state index contributed by atoms with van der Waals surface area (Å²) in [5.74, 6) is -2.00. The third-order valence-electron chi connectivity index (χ3n) is 8.28. The Balaban J connectivity index is 1.83. The molecule has 3 rings (SSSR count). The van der Waals surface area contributed by atoms with Crippen molar-refractivity contribution < 1.29 is 39.2 Å². The number of fused-ring (bicyclic) bond motifs is 2. The van der Waals surface area contributed by atoms with Crippen LogP contribution in [0.1, 0.15) is 71.3 Å². The van der Waals surface area contributed by atoms with E-state index >= 15 is 0 Å². The van der Waals surface area contributed by atoms with Crippen molar-refractivity contribution in [3.8, 4) is 11.5 Å². The van der Waals surface area contributed by atoms with Crippen molar-refractivity contribution >= 4 is 23.5 Å². The molecule has 46 heavy (non-hydrogen) atoms. The zero-order valence-corrected chi connectivity index (χ0v) is 27.2. The van der Waals surface area contributed by atoms with Crippen LogP contribution in [0.3, 0.4) is 0 Å². The van der Waals surface area contributed by atoms with Crippen molar-refractivity contribution in [3.63, 3.8) is 0 Å². The van der Waals surface area contributed by atoms with Crippen LogP contribution in [0.15, 0.2) is 71.9 Å². The van der Waals surface area contributed by atoms with Gasteiger partial charge in [0, 0.05) is 31.1 Å². The number of anilines is 1. The Morgan fingerprint density at radius 1 is 1.04 bits per heavy atom. The van der Waals surface area contributed by atoms with Crippen molar-refractivity contribution in [2.24, 2.45) is 5.92 Å². The number of allylic oxidation sites excluding steroid dienone is 6. The normalized spacial score (nSPS) is 26.6. The summed E-state index contributed by atoms with van der Waals surface area (Å²) in [7, 11) is 1.49. The second-order valence-corrected chi connectivity index (χ2v) is 11.9. The van der Waals surface area contributed by atoms with E-state index in [1.54, 1.807) is 51.2 Å². The first kappa shape index (κ1) is 36.3. The molecular formula is C36H48N2O8. The molecule has 1 heterocycles. The monoisotopic (exact) mass is 636 g/mol. The van der Waals surface area contributed by atoms with Gasteiger partial charge in [-0.05, 0) is 69.6 Å². The van der Waals surface area contributed by atoms with Gasteiger partial charge in [0.15, 0.2) is 0 Å². The van der Waals surface area contributed by atoms with Crippen LogP contribution in [0.4, 0.5) is 5.69 Å². The van der Waals surface area contributed by atoms with E-state index in [4.69, 9.17) is 9.47 Å². The number of phenols is 2. The smallest absolute Gasteiger partial charge is 0.328 e. The minimum Gasteiger partial charge on any atom is -0.508 e. The maximum atomic E-state index is 13.1. The summed E-state index contributed by atoms with van der Waals surface area (Å²) >= 11 is 0. The van der Waals surface area contributed by atoms with Crippen LogP contribution in [0.2, 0.25) is 0 Å². The Kier molecular flexibility index (Phi) is 14.3. The lowest BCUT2D eigenvalue weighted by Gasteiger charge is -2.29. The summed E-state index contributed by atoms with van der Waals surface area (Å²) in [6, 6.07) is 1.85. The van der Waals surface area contributed by atoms with Gasteiger partial charge in [0.25, 0.3) is 0 Å². The van der Waals surface area contributed by atoms with Crippen LogP contribution in [0.25, 0.3) is 0 Å². The molecule has 2 amide bonds. The molecule has 1 aliphatic carbocycles. The zero-order chi connectivity index (χ0) is 33.6. The highest BCUT2D eigenvalue weighted by Gasteiger charge is 2.30. The van der Waals surface area contributed by atoms with Crippen molar-refractivity contribution in [2.45, 2.75) is 96.5 Å². The van der Waals surface area contributed by atoms with Gasteiger partial charge in [-0.15, -0.1) is 0 Å². The van der Waals surface area contributed by atoms with Gasteiger partial charge in [0.2, 0.25) is 11.8 Å². The molecular weight excluding hydrogens is 588 g/mol. The number of nitrogens with one attached hydrogen (secondary N) is 2. The van der Waals surface area contributed by atoms with E-state index in [-0.39, 0.29) is 29.5 Å². The molecule has 0 saturated carbocycles. The lowest BCUT2D eigenvalue weighted by atomic mass is 9.90. The molecule has 1 aliphatic heterocycles. The van der Waals surface area contributed by atoms with Crippen molar-refractivity contribution in [2.75, 3.05) is 12.4 Å². The zero-order valence-electron chi connectivity index (χ0n) is 27.2. The summed E-state index contributed by atoms with van der Waals surface area (Å²) in [4.78, 5) is 38.5. The molecule has 1 aromatic carbocycles. The molecule has 250 valence electrons. The third-order valence-corrected chi connectivity index (χ3v) is 8.28. The molecule has 10 heteroatoms. The summed E-state index contributed by atoms with van der Waals surface area (Å²) in [5, 5.41) is 37.7. The number of amides is 2. The van der Waals surface area contributed by atoms with E-state index in [2.05, 4.69) is 10.6 Å². The molecule has 2 bridgehead atoms. The number of phenolic OH excluding ortho intramolecular Hbond substituents is 2. The largest absolute Gasteiger partial charge is 0.508 e. The number of benzene rings is 1. The van der Waals surface area contributed by atoms with E-state index in [9.17, 15) is 29.7 Å². The van der Waals surface area contributed by atoms with Crippen LogP contribution >= 0.6 is 0 Å². The van der Waals surface area contributed by atoms with Gasteiger partial charge in [-0.25, -0.2) is 4.79 Å². The van der Waals surface area contributed by atoms with E-state index in [1.807, 2.05) is 18.2 Å². The summed E-state index contributed by atoms with van der Waals surface area (Å²) in [5.41, 5.74) is 1.86. The number of ether oxygens (including phenoxy) is 2. The van der Waals surface area contributed by atoms with Gasteiger partial charge in [0.05, 0.1) is 24.3 Å². The maximum Gasteiger partial charge on any atom is 0.328 e. The number of hydrogen-bond donors (Lipinski definition) is 5. The minimum atomic E-state index is -0.949. The van der Waals surface area contributed by atoms with Crippen LogP contribution in [-0.4, -0.2) is 64.6 Å². The van der Waals surface area contributed by atoms with Gasteiger partial charge >= 0.3 is 5.97 Å². The van der Waals surface area contributed by atoms with E-state index < -0.39 is 42.1 Å². The topological polar surface area (TPSA) is 154 Å². The summed E-state index contributed by atoms with van der Waals surface area (Å²) < 4.78 is 11.3. The first-order chi connectivity index (χ1) is 22.0. The molecule has 0 saturated heterocycles. The lowest BCUT2D eigenvalue weighted by Crippen LogP contribution is -2.43. The minimum absolute atomic E-state index is 0.0116. The van der Waals surface area contributed by atoms with Crippen molar-refractivity contribution in [1.29, 1.82) is 0 Å². The number of aliphatic hydroxyl groups is 1. The predicted octanol–water partition coefficient (Wildman–Crippen LogP) is 5.31. The molecule has 0 aromatic heterocycles. The van der Waals surface area contributed by atoms with Crippen LogP contribution < -0.4 is 10.6 Å². The number of esters is 1. The number of aliphatic hydroxyl groups excluding tert-OH is 1. The average Bonchev–Trinajstić information content (AvgIpc) is 3.04. The molecule has 0 fully saturated rings. The SMILES string of the molecule is CO[C@H]1C=C/C=C\C=C/C[C@H](OC(=O)[C@@H](C)NC(=O)C2=CCCCC2)[C@H](C)[C@@H](O)/C(C)=C\CCc2cc(O)cc(c2O)NC(=O)C1. The van der Waals surface area contributed by atoms with Crippen molar-refractivity contribution in [1.82, 2.24) is 5.32 Å². The Bertz CT molecular complexity index is 1380. The molecule has 1 aromatic rings. The fourth-order valence-electron chi connectivity index (χ4n) is 5.39. The average molecular weight is 637 g/mol. The summed E-state index contributed by atoms with van der Waals surface area (Å²) in [6.45, 7) is 5.17. The highest BCUT2D eigenvalue weighted by Crippen LogP contribution is 2.34. The fraction of sp³-hybridized carbons (Fsp3) is 0.472. The molecule has 0 spiro atoms. The van der Waals surface area contributed by atoms with Gasteiger partial charge in [-0.3, -0.25) is 9.59 Å². The third kappa shape index (κ3) is 11.0. The predicted molar refractivity (Wildman–Crippen MR) is 177 cm³/mol. The number of carbonyl (C=O) groups excluding carboxylic acids is 3. The number of methoxy groups -OCH3 is 1. The lowest BCUT2D eigenvalue weighted by molar-refractivity contribution is -0.156. The van der Waals surface area contributed by atoms with Crippen molar-refractivity contribution in [3.05, 3.63) is 77.5 Å². The molecule has 5 N–H and O–H groups in total. The molecule has 5 atom stereocenters. The van der Waals surface area contributed by atoms with Gasteiger partial charge in [-0.1, -0.05) is 55.5 Å². The second-order valence-electron chi connectivity index (χ2n) is 11.9. The van der Waals surface area contributed by atoms with E-state index in [0.29, 0.717) is 42.4 Å². The number of carbonyl (C=O) groups is 3. The Morgan fingerprint density at radius 2 is 1.80 bits per heavy atom.